The van der Waals surface area contributed by atoms with Gasteiger partial charge in [-0.1, -0.05) is 17.7 Å². The van der Waals surface area contributed by atoms with Gasteiger partial charge in [0.2, 0.25) is 0 Å². The van der Waals surface area contributed by atoms with Gasteiger partial charge < -0.3 is 0 Å². The van der Waals surface area contributed by atoms with E-state index in [2.05, 4.69) is 5.10 Å². The molecule has 0 N–H and O–H groups in total. The molecular formula is C11H9Cl2FN2. The Morgan fingerprint density at radius 1 is 1.38 bits per heavy atom. The molecule has 0 atom stereocenters. The predicted octanol–water partition coefficient (Wildman–Crippen LogP) is 3.46. The zero-order chi connectivity index (χ0) is 11.5. The summed E-state index contributed by atoms with van der Waals surface area (Å²) in [6.07, 6.45) is 3.54. The molecule has 0 amide bonds. The van der Waals surface area contributed by atoms with Gasteiger partial charge in [-0.3, -0.25) is 4.68 Å². The zero-order valence-corrected chi connectivity index (χ0v) is 9.84. The first-order chi connectivity index (χ1) is 7.69. The van der Waals surface area contributed by atoms with E-state index in [4.69, 9.17) is 23.2 Å². The van der Waals surface area contributed by atoms with Crippen molar-refractivity contribution in [2.45, 2.75) is 12.4 Å². The van der Waals surface area contributed by atoms with Gasteiger partial charge in [0.25, 0.3) is 0 Å². The minimum Gasteiger partial charge on any atom is -0.268 e. The van der Waals surface area contributed by atoms with Crippen molar-refractivity contribution >= 4 is 23.2 Å². The van der Waals surface area contributed by atoms with E-state index < -0.39 is 0 Å². The molecule has 0 saturated heterocycles. The second-order valence-electron chi connectivity index (χ2n) is 3.42. The number of benzene rings is 1. The largest absolute Gasteiger partial charge is 0.268 e. The van der Waals surface area contributed by atoms with E-state index in [1.54, 1.807) is 16.9 Å². The molecule has 0 aliphatic rings. The van der Waals surface area contributed by atoms with Crippen molar-refractivity contribution in [1.29, 1.82) is 0 Å². The van der Waals surface area contributed by atoms with E-state index in [1.165, 1.54) is 12.1 Å². The Morgan fingerprint density at radius 3 is 2.81 bits per heavy atom. The van der Waals surface area contributed by atoms with Crippen molar-refractivity contribution in [2.24, 2.45) is 0 Å². The van der Waals surface area contributed by atoms with Crippen LogP contribution in [0.25, 0.3) is 0 Å². The lowest BCUT2D eigenvalue weighted by atomic mass is 10.2. The molecule has 84 valence electrons. The minimum absolute atomic E-state index is 0.337. The number of alkyl halides is 1. The molecule has 2 rings (SSSR count). The first-order valence-corrected chi connectivity index (χ1v) is 5.61. The van der Waals surface area contributed by atoms with Crippen LogP contribution in [0.3, 0.4) is 0 Å². The first kappa shape index (κ1) is 11.4. The molecule has 0 spiro atoms. The average molecular weight is 259 g/mol. The van der Waals surface area contributed by atoms with Crippen molar-refractivity contribution in [3.05, 3.63) is 52.6 Å². The molecule has 0 unspecified atom stereocenters. The first-order valence-electron chi connectivity index (χ1n) is 4.70. The number of halogens is 3. The summed E-state index contributed by atoms with van der Waals surface area (Å²) in [5.74, 6) is 0.0904. The molecular weight excluding hydrogens is 250 g/mol. The molecule has 2 nitrogen and oxygen atoms in total. The maximum absolute atomic E-state index is 12.8. The molecule has 0 aliphatic carbocycles. The second kappa shape index (κ2) is 4.85. The fourth-order valence-electron chi connectivity index (χ4n) is 1.39. The van der Waals surface area contributed by atoms with E-state index in [1.807, 2.05) is 6.20 Å². The SMILES string of the molecule is Fc1ccc(Cn2cc(CCl)cn2)c(Cl)c1. The Labute approximate surface area is 103 Å². The van der Waals surface area contributed by atoms with Crippen molar-refractivity contribution in [1.82, 2.24) is 9.78 Å². The maximum atomic E-state index is 12.8. The summed E-state index contributed by atoms with van der Waals surface area (Å²) in [4.78, 5) is 0. The third-order valence-electron chi connectivity index (χ3n) is 2.19. The Bertz CT molecular complexity index is 496. The van der Waals surface area contributed by atoms with E-state index in [0.29, 0.717) is 17.4 Å². The molecule has 1 aromatic carbocycles. The Morgan fingerprint density at radius 2 is 2.19 bits per heavy atom. The van der Waals surface area contributed by atoms with Crippen LogP contribution in [-0.2, 0) is 12.4 Å². The van der Waals surface area contributed by atoms with E-state index >= 15 is 0 Å². The van der Waals surface area contributed by atoms with Gasteiger partial charge in [-0.25, -0.2) is 4.39 Å². The number of hydrogen-bond donors (Lipinski definition) is 0. The lowest BCUT2D eigenvalue weighted by Gasteiger charge is -2.04. The zero-order valence-electron chi connectivity index (χ0n) is 8.33. The highest BCUT2D eigenvalue weighted by molar-refractivity contribution is 6.31. The molecule has 1 heterocycles. The maximum Gasteiger partial charge on any atom is 0.124 e. The monoisotopic (exact) mass is 258 g/mol. The molecule has 1 aromatic heterocycles. The van der Waals surface area contributed by atoms with Gasteiger partial charge in [-0.2, -0.15) is 5.10 Å². The summed E-state index contributed by atoms with van der Waals surface area (Å²) in [6, 6.07) is 4.33. The van der Waals surface area contributed by atoms with Crippen LogP contribution < -0.4 is 0 Å². The summed E-state index contributed by atoms with van der Waals surface area (Å²) in [5.41, 5.74) is 1.77. The summed E-state index contributed by atoms with van der Waals surface area (Å²) in [6.45, 7) is 0.510. The van der Waals surface area contributed by atoms with Crippen LogP contribution in [0.15, 0.2) is 30.6 Å². The van der Waals surface area contributed by atoms with Gasteiger partial charge in [0, 0.05) is 16.8 Å². The van der Waals surface area contributed by atoms with Crippen LogP contribution in [0, 0.1) is 5.82 Å². The van der Waals surface area contributed by atoms with Crippen molar-refractivity contribution < 1.29 is 4.39 Å². The third-order valence-corrected chi connectivity index (χ3v) is 2.85. The van der Waals surface area contributed by atoms with Crippen molar-refractivity contribution in [3.8, 4) is 0 Å². The van der Waals surface area contributed by atoms with E-state index in [-0.39, 0.29) is 5.82 Å². The predicted molar refractivity (Wildman–Crippen MR) is 62.3 cm³/mol. The van der Waals surface area contributed by atoms with Gasteiger partial charge >= 0.3 is 0 Å². The Kier molecular flexibility index (Phi) is 3.46. The third kappa shape index (κ3) is 2.54. The highest BCUT2D eigenvalue weighted by atomic mass is 35.5. The fraction of sp³-hybridized carbons (Fsp3) is 0.182. The number of rotatable bonds is 3. The Balaban J connectivity index is 2.20. The number of aromatic nitrogens is 2. The molecule has 0 bridgehead atoms. The molecule has 2 aromatic rings. The molecule has 0 saturated carbocycles. The van der Waals surface area contributed by atoms with Gasteiger partial charge in [0.1, 0.15) is 5.82 Å². The lowest BCUT2D eigenvalue weighted by molar-refractivity contribution is 0.624. The molecule has 5 heteroatoms. The van der Waals surface area contributed by atoms with Crippen LogP contribution in [0.2, 0.25) is 5.02 Å². The van der Waals surface area contributed by atoms with Gasteiger partial charge in [0.05, 0.1) is 18.6 Å². The van der Waals surface area contributed by atoms with Gasteiger partial charge in [0.15, 0.2) is 0 Å². The molecule has 0 aliphatic heterocycles. The summed E-state index contributed by atoms with van der Waals surface area (Å²) < 4.78 is 14.5. The summed E-state index contributed by atoms with van der Waals surface area (Å²) in [7, 11) is 0. The van der Waals surface area contributed by atoms with Crippen LogP contribution in [-0.4, -0.2) is 9.78 Å². The number of nitrogens with zero attached hydrogens (tertiary/aromatic N) is 2. The molecule has 0 fully saturated rings. The van der Waals surface area contributed by atoms with E-state index in [9.17, 15) is 4.39 Å². The topological polar surface area (TPSA) is 17.8 Å². The summed E-state index contributed by atoms with van der Waals surface area (Å²) in [5, 5.41) is 4.53. The second-order valence-corrected chi connectivity index (χ2v) is 4.09. The van der Waals surface area contributed by atoms with Gasteiger partial charge in [-0.15, -0.1) is 11.6 Å². The molecule has 16 heavy (non-hydrogen) atoms. The fourth-order valence-corrected chi connectivity index (χ4v) is 1.75. The van der Waals surface area contributed by atoms with Crippen LogP contribution in [0.1, 0.15) is 11.1 Å². The molecule has 0 radical (unpaired) electrons. The normalized spacial score (nSPS) is 10.7. The standard InChI is InChI=1S/C11H9Cl2FN2/c12-4-8-5-15-16(6-8)7-9-1-2-10(14)3-11(9)13/h1-3,5-6H,4,7H2. The van der Waals surface area contributed by atoms with Gasteiger partial charge in [-0.05, 0) is 17.7 Å². The lowest BCUT2D eigenvalue weighted by Crippen LogP contribution is -2.00. The highest BCUT2D eigenvalue weighted by Gasteiger charge is 2.04. The minimum atomic E-state index is -0.337. The quantitative estimate of drug-likeness (QED) is 0.772. The van der Waals surface area contributed by atoms with Crippen LogP contribution in [0.4, 0.5) is 4.39 Å². The summed E-state index contributed by atoms with van der Waals surface area (Å²) >= 11 is 11.6. The highest BCUT2D eigenvalue weighted by Crippen LogP contribution is 2.18. The van der Waals surface area contributed by atoms with Crippen LogP contribution in [0.5, 0.6) is 0 Å². The number of hydrogen-bond acceptors (Lipinski definition) is 1. The average Bonchev–Trinajstić information content (AvgIpc) is 2.70. The van der Waals surface area contributed by atoms with Crippen molar-refractivity contribution in [2.75, 3.05) is 0 Å². The van der Waals surface area contributed by atoms with Crippen molar-refractivity contribution in [3.63, 3.8) is 0 Å². The van der Waals surface area contributed by atoms with E-state index in [0.717, 1.165) is 11.1 Å². The Hall–Kier alpha value is -1.06. The smallest absolute Gasteiger partial charge is 0.124 e. The van der Waals surface area contributed by atoms with Crippen LogP contribution >= 0.6 is 23.2 Å².